The molecule has 2 N–H and O–H groups in total. The average molecular weight is 496 g/mol. The van der Waals surface area contributed by atoms with Crippen LogP contribution in [0.4, 0.5) is 27.6 Å². The predicted molar refractivity (Wildman–Crippen MR) is 102 cm³/mol. The van der Waals surface area contributed by atoms with Crippen molar-refractivity contribution in [2.24, 2.45) is 0 Å². The second-order valence-electron chi connectivity index (χ2n) is 6.24. The van der Waals surface area contributed by atoms with Gasteiger partial charge in [0.15, 0.2) is 5.82 Å². The lowest BCUT2D eigenvalue weighted by Gasteiger charge is -2.18. The van der Waals surface area contributed by atoms with E-state index in [-0.39, 0.29) is 16.6 Å². The molecule has 2 aromatic carbocycles. The number of benzene rings is 2. The van der Waals surface area contributed by atoms with Gasteiger partial charge in [-0.3, -0.25) is 14.8 Å². The van der Waals surface area contributed by atoms with Crippen LogP contribution in [0, 0.1) is 11.6 Å². The molecule has 0 bridgehead atoms. The van der Waals surface area contributed by atoms with Crippen LogP contribution in [0.25, 0.3) is 22.3 Å². The Labute approximate surface area is 181 Å². The normalized spacial score (nSPS) is 12.1. The Hall–Kier alpha value is -3.43. The van der Waals surface area contributed by atoms with E-state index in [1.54, 1.807) is 0 Å². The van der Waals surface area contributed by atoms with Crippen molar-refractivity contribution in [2.75, 3.05) is 19.4 Å². The first-order chi connectivity index (χ1) is 15.3. The van der Waals surface area contributed by atoms with Crippen molar-refractivity contribution >= 4 is 32.7 Å². The maximum absolute atomic E-state index is 15.4. The van der Waals surface area contributed by atoms with E-state index >= 15 is 4.39 Å². The highest BCUT2D eigenvalue weighted by Crippen LogP contribution is 2.44. The van der Waals surface area contributed by atoms with Gasteiger partial charge >= 0.3 is 15.6 Å². The third kappa shape index (κ3) is 4.29. The van der Waals surface area contributed by atoms with Crippen LogP contribution in [0.1, 0.15) is 10.4 Å². The predicted octanol–water partition coefficient (Wildman–Crippen LogP) is 3.72. The molecule has 0 fully saturated rings. The third-order valence-corrected chi connectivity index (χ3v) is 5.22. The highest BCUT2D eigenvalue weighted by Gasteiger charge is 2.49. The lowest BCUT2D eigenvalue weighted by atomic mass is 10.0. The Kier molecular flexibility index (Phi) is 6.23. The number of carbonyl (C=O) groups is 1. The van der Waals surface area contributed by atoms with Crippen molar-refractivity contribution in [3.8, 4) is 17.1 Å². The lowest BCUT2D eigenvalue weighted by molar-refractivity contribution is -0.0503. The number of alkyl halides is 3. The summed E-state index contributed by atoms with van der Waals surface area (Å²) in [5.74, 6) is -5.36. The highest BCUT2D eigenvalue weighted by atomic mass is 32.2. The maximum Gasteiger partial charge on any atom is 0.534 e. The van der Waals surface area contributed by atoms with E-state index in [2.05, 4.69) is 14.3 Å². The molecular weight excluding hydrogens is 483 g/mol. The minimum absolute atomic E-state index is 0.0742. The second kappa shape index (κ2) is 8.49. The van der Waals surface area contributed by atoms with Crippen molar-refractivity contribution in [2.45, 2.75) is 5.51 Å². The Morgan fingerprint density at radius 1 is 1.18 bits per heavy atom. The summed E-state index contributed by atoms with van der Waals surface area (Å²) >= 11 is 0. The van der Waals surface area contributed by atoms with Gasteiger partial charge in [0.05, 0.1) is 18.1 Å². The Morgan fingerprint density at radius 3 is 2.30 bits per heavy atom. The van der Waals surface area contributed by atoms with Crippen molar-refractivity contribution in [1.82, 2.24) is 5.32 Å². The van der Waals surface area contributed by atoms with Gasteiger partial charge in [-0.15, -0.1) is 5.23 Å². The maximum atomic E-state index is 15.4. The topological polar surface area (TPSA) is 118 Å². The molecule has 0 aliphatic rings. The number of nitrogens with one attached hydrogen (secondary N) is 1. The van der Waals surface area contributed by atoms with E-state index in [9.17, 15) is 36.0 Å². The molecule has 1 aromatic heterocycles. The summed E-state index contributed by atoms with van der Waals surface area (Å²) in [7, 11) is -4.42. The fourth-order valence-electron chi connectivity index (χ4n) is 2.81. The number of halogens is 5. The highest BCUT2D eigenvalue weighted by molar-refractivity contribution is 7.88. The molecular formula is C18H13F5N2O7S. The molecule has 0 saturated heterocycles. The molecule has 0 saturated carbocycles. The summed E-state index contributed by atoms with van der Waals surface area (Å²) < 4.78 is 99.7. The van der Waals surface area contributed by atoms with Gasteiger partial charge < -0.3 is 13.9 Å². The number of furan rings is 1. The Bertz CT molecular complexity index is 1320. The smallest absolute Gasteiger partial charge is 0.455 e. The molecule has 0 aliphatic carbocycles. The minimum atomic E-state index is -6.40. The standard InChI is InChI=1S/C18H13F5N2O7S/c1-24-17(26)13-12-11(31-15(13)8-3-5-9(19)6-4-8)7-10(25(27)30-2)16(14(12)20)32-33(28,29)18(21,22)23/h3-7,27H,1-2H3,(H,24,26). The second-order valence-corrected chi connectivity index (χ2v) is 7.78. The molecule has 178 valence electrons. The molecule has 0 atom stereocenters. The number of rotatable bonds is 6. The molecule has 1 heterocycles. The zero-order chi connectivity index (χ0) is 24.7. The van der Waals surface area contributed by atoms with E-state index in [4.69, 9.17) is 4.42 Å². The number of fused-ring (bicyclic) bond motifs is 1. The summed E-state index contributed by atoms with van der Waals surface area (Å²) in [5, 5.41) is 10.9. The number of carbonyl (C=O) groups excluding carboxylic acids is 1. The molecule has 0 spiro atoms. The number of nitrogens with zero attached hydrogens (tertiary/aromatic N) is 1. The Morgan fingerprint density at radius 2 is 1.79 bits per heavy atom. The van der Waals surface area contributed by atoms with E-state index < -0.39 is 61.1 Å². The van der Waals surface area contributed by atoms with Crippen molar-refractivity contribution in [1.29, 1.82) is 0 Å². The van der Waals surface area contributed by atoms with Gasteiger partial charge in [0.25, 0.3) is 5.91 Å². The third-order valence-electron chi connectivity index (χ3n) is 4.27. The average Bonchev–Trinajstić information content (AvgIpc) is 3.13. The summed E-state index contributed by atoms with van der Waals surface area (Å²) in [6.45, 7) is 0. The van der Waals surface area contributed by atoms with E-state index in [0.717, 1.165) is 26.3 Å². The molecule has 33 heavy (non-hydrogen) atoms. The summed E-state index contributed by atoms with van der Waals surface area (Å²) in [6, 6.07) is 5.04. The van der Waals surface area contributed by atoms with Crippen molar-refractivity contribution < 1.29 is 53.8 Å². The first-order valence-corrected chi connectivity index (χ1v) is 10.0. The van der Waals surface area contributed by atoms with Gasteiger partial charge in [-0.1, -0.05) is 0 Å². The zero-order valence-electron chi connectivity index (χ0n) is 16.5. The van der Waals surface area contributed by atoms with E-state index in [1.165, 1.54) is 12.1 Å². The SMILES string of the molecule is CNC(=O)c1c(-c2ccc(F)cc2)oc2cc(N(O)OC)c(OS(=O)(=O)C(F)(F)F)c(F)c12. The van der Waals surface area contributed by atoms with Crippen LogP contribution >= 0.6 is 0 Å². The van der Waals surface area contributed by atoms with Crippen LogP contribution in [0.2, 0.25) is 0 Å². The monoisotopic (exact) mass is 496 g/mol. The van der Waals surface area contributed by atoms with Gasteiger partial charge in [-0.2, -0.15) is 21.6 Å². The zero-order valence-corrected chi connectivity index (χ0v) is 17.3. The lowest BCUT2D eigenvalue weighted by Crippen LogP contribution is -2.29. The van der Waals surface area contributed by atoms with Crippen molar-refractivity contribution in [3.05, 3.63) is 47.5 Å². The number of anilines is 1. The minimum Gasteiger partial charge on any atom is -0.455 e. The number of hydrogen-bond acceptors (Lipinski definition) is 8. The summed E-state index contributed by atoms with van der Waals surface area (Å²) in [6.07, 6.45) is 0. The first kappa shape index (κ1) is 24.2. The largest absolute Gasteiger partial charge is 0.534 e. The molecule has 9 nitrogen and oxygen atoms in total. The van der Waals surface area contributed by atoms with Gasteiger partial charge in [0.1, 0.15) is 22.8 Å². The van der Waals surface area contributed by atoms with Gasteiger partial charge in [-0.05, 0) is 24.3 Å². The van der Waals surface area contributed by atoms with Gasteiger partial charge in [0, 0.05) is 18.7 Å². The van der Waals surface area contributed by atoms with Crippen LogP contribution < -0.4 is 14.7 Å². The fourth-order valence-corrected chi connectivity index (χ4v) is 3.28. The Balaban J connectivity index is 2.41. The summed E-state index contributed by atoms with van der Waals surface area (Å²) in [5.41, 5.74) is -7.96. The van der Waals surface area contributed by atoms with E-state index in [1.807, 2.05) is 0 Å². The molecule has 1 amide bonds. The van der Waals surface area contributed by atoms with Crippen molar-refractivity contribution in [3.63, 3.8) is 0 Å². The van der Waals surface area contributed by atoms with Gasteiger partial charge in [0.2, 0.25) is 5.75 Å². The molecule has 0 aliphatic heterocycles. The van der Waals surface area contributed by atoms with Crippen LogP contribution in [0.5, 0.6) is 5.75 Å². The van der Waals surface area contributed by atoms with Crippen LogP contribution in [0.15, 0.2) is 34.7 Å². The molecule has 15 heteroatoms. The molecule has 3 rings (SSSR count). The number of amides is 1. The molecule has 0 unspecified atom stereocenters. The van der Waals surface area contributed by atoms with E-state index in [0.29, 0.717) is 6.07 Å². The van der Waals surface area contributed by atoms with Crippen LogP contribution in [0.3, 0.4) is 0 Å². The molecule has 3 aromatic rings. The van der Waals surface area contributed by atoms with Crippen LogP contribution in [-0.2, 0) is 15.0 Å². The summed E-state index contributed by atoms with van der Waals surface area (Å²) in [4.78, 5) is 16.9. The fraction of sp³-hybridized carbons (Fsp3) is 0.167. The molecule has 0 radical (unpaired) electrons. The van der Waals surface area contributed by atoms with Gasteiger partial charge in [-0.25, -0.2) is 8.78 Å². The number of hydrogen-bond donors (Lipinski definition) is 2. The quantitative estimate of drug-likeness (QED) is 0.230. The first-order valence-electron chi connectivity index (χ1n) is 8.63. The van der Waals surface area contributed by atoms with Crippen LogP contribution in [-0.4, -0.2) is 39.2 Å².